The molecular formula is C19H21ClF3N3O. The molecule has 146 valence electrons. The van der Waals surface area contributed by atoms with Gasteiger partial charge in [0, 0.05) is 17.9 Å². The minimum Gasteiger partial charge on any atom is -0.398 e. The van der Waals surface area contributed by atoms with Gasteiger partial charge in [0.2, 0.25) is 5.91 Å². The van der Waals surface area contributed by atoms with Crippen LogP contribution in [0.1, 0.15) is 24.5 Å². The van der Waals surface area contributed by atoms with Crippen LogP contribution in [0.25, 0.3) is 0 Å². The number of hydrogen-bond donors (Lipinski definition) is 2. The second kappa shape index (κ2) is 8.08. The van der Waals surface area contributed by atoms with Gasteiger partial charge in [0.15, 0.2) is 0 Å². The van der Waals surface area contributed by atoms with Gasteiger partial charge in [-0.1, -0.05) is 18.2 Å². The lowest BCUT2D eigenvalue weighted by Crippen LogP contribution is -2.45. The number of alkyl halides is 3. The third-order valence-corrected chi connectivity index (χ3v) is 4.66. The largest absolute Gasteiger partial charge is 0.418 e. The first-order chi connectivity index (χ1) is 12.3. The van der Waals surface area contributed by atoms with E-state index in [9.17, 15) is 18.0 Å². The molecule has 1 aliphatic rings. The zero-order valence-corrected chi connectivity index (χ0v) is 15.5. The number of benzene rings is 2. The Kier molecular flexibility index (Phi) is 6.26. The molecule has 8 heteroatoms. The first-order valence-corrected chi connectivity index (χ1v) is 8.40. The van der Waals surface area contributed by atoms with Crippen molar-refractivity contribution in [2.45, 2.75) is 32.0 Å². The molecule has 1 aliphatic heterocycles. The molecule has 2 aromatic rings. The maximum atomic E-state index is 13.1. The molecule has 27 heavy (non-hydrogen) atoms. The number of para-hydroxylation sites is 1. The first kappa shape index (κ1) is 20.9. The van der Waals surface area contributed by atoms with Gasteiger partial charge in [-0.25, -0.2) is 0 Å². The SMILES string of the molecule is CC(C(=O)Nc1ccccc1C(F)(F)F)N1CCCc2c(N)cccc21.Cl. The first-order valence-electron chi connectivity index (χ1n) is 8.40. The summed E-state index contributed by atoms with van der Waals surface area (Å²) >= 11 is 0. The number of halogens is 4. The van der Waals surface area contributed by atoms with Gasteiger partial charge in [-0.3, -0.25) is 4.79 Å². The minimum absolute atomic E-state index is 0. The van der Waals surface area contributed by atoms with E-state index in [2.05, 4.69) is 5.32 Å². The van der Waals surface area contributed by atoms with E-state index in [-0.39, 0.29) is 18.1 Å². The molecule has 1 unspecified atom stereocenters. The molecule has 0 saturated carbocycles. The number of carbonyl (C=O) groups is 1. The predicted octanol–water partition coefficient (Wildman–Crippen LogP) is 4.49. The average Bonchev–Trinajstić information content (AvgIpc) is 2.60. The molecule has 0 saturated heterocycles. The van der Waals surface area contributed by atoms with Gasteiger partial charge in [-0.05, 0) is 49.6 Å². The van der Waals surface area contributed by atoms with Crippen LogP contribution in [-0.2, 0) is 17.4 Å². The Balaban J connectivity index is 0.00000261. The monoisotopic (exact) mass is 399 g/mol. The van der Waals surface area contributed by atoms with Crippen LogP contribution in [0.3, 0.4) is 0 Å². The number of nitrogens with two attached hydrogens (primary N) is 1. The molecule has 1 atom stereocenters. The van der Waals surface area contributed by atoms with Crippen molar-refractivity contribution in [2.24, 2.45) is 0 Å². The van der Waals surface area contributed by atoms with Crippen molar-refractivity contribution < 1.29 is 18.0 Å². The summed E-state index contributed by atoms with van der Waals surface area (Å²) in [6.45, 7) is 2.33. The Bertz CT molecular complexity index is 826. The van der Waals surface area contributed by atoms with E-state index in [1.165, 1.54) is 18.2 Å². The molecule has 3 rings (SSSR count). The minimum atomic E-state index is -4.53. The molecule has 0 aromatic heterocycles. The second-order valence-electron chi connectivity index (χ2n) is 6.35. The van der Waals surface area contributed by atoms with Gasteiger partial charge in [-0.2, -0.15) is 13.2 Å². The van der Waals surface area contributed by atoms with Gasteiger partial charge >= 0.3 is 6.18 Å². The number of amides is 1. The third kappa shape index (κ3) is 4.30. The Labute approximate surface area is 161 Å². The highest BCUT2D eigenvalue weighted by atomic mass is 35.5. The van der Waals surface area contributed by atoms with Gasteiger partial charge < -0.3 is 16.0 Å². The highest BCUT2D eigenvalue weighted by Gasteiger charge is 2.34. The molecule has 4 nitrogen and oxygen atoms in total. The summed E-state index contributed by atoms with van der Waals surface area (Å²) in [5.41, 5.74) is 7.44. The quantitative estimate of drug-likeness (QED) is 0.748. The maximum Gasteiger partial charge on any atom is 0.418 e. The molecule has 1 amide bonds. The molecule has 0 bridgehead atoms. The van der Waals surface area contributed by atoms with E-state index in [1.807, 2.05) is 23.1 Å². The van der Waals surface area contributed by atoms with Crippen LogP contribution in [0.5, 0.6) is 0 Å². The Morgan fingerprint density at radius 3 is 2.59 bits per heavy atom. The van der Waals surface area contributed by atoms with Crippen molar-refractivity contribution in [3.8, 4) is 0 Å². The summed E-state index contributed by atoms with van der Waals surface area (Å²) < 4.78 is 39.4. The van der Waals surface area contributed by atoms with Gasteiger partial charge in [0.1, 0.15) is 6.04 Å². The van der Waals surface area contributed by atoms with E-state index >= 15 is 0 Å². The lowest BCUT2D eigenvalue weighted by Gasteiger charge is -2.36. The van der Waals surface area contributed by atoms with Crippen LogP contribution < -0.4 is 16.0 Å². The molecule has 1 heterocycles. The number of nitrogens with one attached hydrogen (secondary N) is 1. The summed E-state index contributed by atoms with van der Waals surface area (Å²) in [7, 11) is 0. The third-order valence-electron chi connectivity index (χ3n) is 4.66. The van der Waals surface area contributed by atoms with Gasteiger partial charge in [-0.15, -0.1) is 12.4 Å². The maximum absolute atomic E-state index is 13.1. The van der Waals surface area contributed by atoms with Crippen molar-refractivity contribution in [3.05, 3.63) is 53.6 Å². The second-order valence-corrected chi connectivity index (χ2v) is 6.35. The number of fused-ring (bicyclic) bond motifs is 1. The number of rotatable bonds is 3. The van der Waals surface area contributed by atoms with Gasteiger partial charge in [0.05, 0.1) is 11.3 Å². The smallest absolute Gasteiger partial charge is 0.398 e. The molecule has 2 aromatic carbocycles. The van der Waals surface area contributed by atoms with E-state index in [1.54, 1.807) is 6.92 Å². The van der Waals surface area contributed by atoms with Crippen molar-refractivity contribution in [1.82, 2.24) is 0 Å². The fraction of sp³-hybridized carbons (Fsp3) is 0.316. The summed E-state index contributed by atoms with van der Waals surface area (Å²) in [6.07, 6.45) is -2.87. The van der Waals surface area contributed by atoms with Crippen molar-refractivity contribution in [3.63, 3.8) is 0 Å². The molecule has 0 fully saturated rings. The Morgan fingerprint density at radius 2 is 1.89 bits per heavy atom. The van der Waals surface area contributed by atoms with Crippen LogP contribution in [0.2, 0.25) is 0 Å². The van der Waals surface area contributed by atoms with E-state index < -0.39 is 23.7 Å². The van der Waals surface area contributed by atoms with Crippen LogP contribution in [0.4, 0.5) is 30.2 Å². The lowest BCUT2D eigenvalue weighted by molar-refractivity contribution is -0.137. The number of carbonyl (C=O) groups excluding carboxylic acids is 1. The normalized spacial score (nSPS) is 14.7. The van der Waals surface area contributed by atoms with E-state index in [0.717, 1.165) is 30.2 Å². The highest BCUT2D eigenvalue weighted by molar-refractivity contribution is 5.97. The highest BCUT2D eigenvalue weighted by Crippen LogP contribution is 2.35. The Hall–Kier alpha value is -2.41. The van der Waals surface area contributed by atoms with Crippen molar-refractivity contribution >= 4 is 35.4 Å². The van der Waals surface area contributed by atoms with E-state index in [4.69, 9.17) is 5.73 Å². The molecular weight excluding hydrogens is 379 g/mol. The van der Waals surface area contributed by atoms with Crippen molar-refractivity contribution in [1.29, 1.82) is 0 Å². The summed E-state index contributed by atoms with van der Waals surface area (Å²) in [5, 5.41) is 2.43. The van der Waals surface area contributed by atoms with Crippen molar-refractivity contribution in [2.75, 3.05) is 22.5 Å². The molecule has 3 N–H and O–H groups in total. The fourth-order valence-corrected chi connectivity index (χ4v) is 3.30. The van der Waals surface area contributed by atoms with Crippen LogP contribution in [-0.4, -0.2) is 18.5 Å². The Morgan fingerprint density at radius 1 is 1.19 bits per heavy atom. The zero-order chi connectivity index (χ0) is 18.9. The lowest BCUT2D eigenvalue weighted by atomic mass is 9.98. The summed E-state index contributed by atoms with van der Waals surface area (Å²) in [6, 6.07) is 9.86. The predicted molar refractivity (Wildman–Crippen MR) is 103 cm³/mol. The topological polar surface area (TPSA) is 58.4 Å². The van der Waals surface area contributed by atoms with Gasteiger partial charge in [0.25, 0.3) is 0 Å². The molecule has 0 radical (unpaired) electrons. The molecule has 0 aliphatic carbocycles. The van der Waals surface area contributed by atoms with Crippen LogP contribution in [0, 0.1) is 0 Å². The molecule has 0 spiro atoms. The number of nitrogens with zero attached hydrogens (tertiary/aromatic N) is 1. The summed E-state index contributed by atoms with van der Waals surface area (Å²) in [4.78, 5) is 14.5. The average molecular weight is 400 g/mol. The van der Waals surface area contributed by atoms with Crippen LogP contribution >= 0.6 is 12.4 Å². The van der Waals surface area contributed by atoms with E-state index in [0.29, 0.717) is 12.2 Å². The standard InChI is InChI=1S/C19H20F3N3O.ClH/c1-12(25-11-5-6-13-15(23)8-4-10-17(13)25)18(26)24-16-9-3-2-7-14(16)19(20,21)22;/h2-4,7-10,12H,5-6,11,23H2,1H3,(H,24,26);1H. The summed E-state index contributed by atoms with van der Waals surface area (Å²) in [5.74, 6) is -0.489. The number of anilines is 3. The number of hydrogen-bond acceptors (Lipinski definition) is 3. The number of nitrogen functional groups attached to an aromatic ring is 1. The van der Waals surface area contributed by atoms with Crippen LogP contribution in [0.15, 0.2) is 42.5 Å². The zero-order valence-electron chi connectivity index (χ0n) is 14.7. The fourth-order valence-electron chi connectivity index (χ4n) is 3.30.